The number of benzene rings is 1. The van der Waals surface area contributed by atoms with Gasteiger partial charge in [0.2, 0.25) is 10.0 Å². The summed E-state index contributed by atoms with van der Waals surface area (Å²) in [4.78, 5) is -0.0821. The molecule has 2 N–H and O–H groups in total. The van der Waals surface area contributed by atoms with Gasteiger partial charge in [0.05, 0.1) is 23.7 Å². The first-order valence-electron chi connectivity index (χ1n) is 6.21. The van der Waals surface area contributed by atoms with Crippen LogP contribution in [0.4, 0.5) is 4.39 Å². The Morgan fingerprint density at radius 1 is 1.43 bits per heavy atom. The number of rotatable bonds is 5. The van der Waals surface area contributed by atoms with E-state index in [2.05, 4.69) is 9.82 Å². The highest BCUT2D eigenvalue weighted by Crippen LogP contribution is 2.19. The fraction of sp³-hybridized carbons (Fsp3) is 0.308. The molecule has 0 aliphatic rings. The van der Waals surface area contributed by atoms with Crippen molar-refractivity contribution in [1.82, 2.24) is 14.5 Å². The van der Waals surface area contributed by atoms with Crippen molar-refractivity contribution in [3.63, 3.8) is 0 Å². The van der Waals surface area contributed by atoms with Gasteiger partial charge in [-0.2, -0.15) is 5.10 Å². The summed E-state index contributed by atoms with van der Waals surface area (Å²) >= 11 is 0. The molecular formula is C13H16FN3O3S. The molecule has 2 aromatic rings. The number of nitrogens with one attached hydrogen (secondary N) is 1. The van der Waals surface area contributed by atoms with E-state index in [-0.39, 0.29) is 22.6 Å². The van der Waals surface area contributed by atoms with Crippen LogP contribution >= 0.6 is 0 Å². The highest BCUT2D eigenvalue weighted by molar-refractivity contribution is 7.89. The van der Waals surface area contributed by atoms with Crippen molar-refractivity contribution in [3.8, 4) is 0 Å². The zero-order valence-corrected chi connectivity index (χ0v) is 12.5. The Balaban J connectivity index is 2.25. The van der Waals surface area contributed by atoms with Gasteiger partial charge >= 0.3 is 0 Å². The fourth-order valence-corrected chi connectivity index (χ4v) is 3.02. The van der Waals surface area contributed by atoms with Crippen LogP contribution in [0.15, 0.2) is 29.3 Å². The third kappa shape index (κ3) is 3.46. The van der Waals surface area contributed by atoms with Crippen LogP contribution in [0.25, 0.3) is 0 Å². The van der Waals surface area contributed by atoms with Crippen LogP contribution in [0.5, 0.6) is 0 Å². The number of aromatic nitrogens is 2. The van der Waals surface area contributed by atoms with Crippen molar-refractivity contribution in [2.75, 3.05) is 0 Å². The first-order valence-corrected chi connectivity index (χ1v) is 7.70. The largest absolute Gasteiger partial charge is 0.392 e. The summed E-state index contributed by atoms with van der Waals surface area (Å²) < 4.78 is 42.0. The third-order valence-electron chi connectivity index (χ3n) is 3.00. The minimum Gasteiger partial charge on any atom is -0.392 e. The number of hydrogen-bond donors (Lipinski definition) is 2. The lowest BCUT2D eigenvalue weighted by atomic mass is 10.1. The summed E-state index contributed by atoms with van der Waals surface area (Å²) in [5.74, 6) is -0.596. The van der Waals surface area contributed by atoms with Gasteiger partial charge < -0.3 is 5.11 Å². The molecule has 0 amide bonds. The lowest BCUT2D eigenvalue weighted by Crippen LogP contribution is -2.24. The second-order valence-corrected chi connectivity index (χ2v) is 6.44. The van der Waals surface area contributed by atoms with Gasteiger partial charge in [0, 0.05) is 18.8 Å². The zero-order chi connectivity index (χ0) is 15.6. The van der Waals surface area contributed by atoms with Crippen LogP contribution in [0, 0.1) is 12.7 Å². The highest BCUT2D eigenvalue weighted by Gasteiger charge is 2.18. The second-order valence-electron chi connectivity index (χ2n) is 4.68. The molecule has 0 atom stereocenters. The van der Waals surface area contributed by atoms with Crippen molar-refractivity contribution in [2.24, 2.45) is 7.05 Å². The van der Waals surface area contributed by atoms with Gasteiger partial charge in [-0.1, -0.05) is 0 Å². The summed E-state index contributed by atoms with van der Waals surface area (Å²) in [6, 6.07) is 4.05. The maximum Gasteiger partial charge on any atom is 0.240 e. The maximum atomic E-state index is 13.6. The van der Waals surface area contributed by atoms with E-state index < -0.39 is 22.4 Å². The molecular weight excluding hydrogens is 297 g/mol. The molecule has 1 aromatic heterocycles. The van der Waals surface area contributed by atoms with Crippen LogP contribution in [0.3, 0.4) is 0 Å². The smallest absolute Gasteiger partial charge is 0.240 e. The molecule has 2 rings (SSSR count). The van der Waals surface area contributed by atoms with Crippen LogP contribution in [0.2, 0.25) is 0 Å². The van der Waals surface area contributed by atoms with Gasteiger partial charge in [0.25, 0.3) is 0 Å². The van der Waals surface area contributed by atoms with Crippen molar-refractivity contribution < 1.29 is 17.9 Å². The van der Waals surface area contributed by atoms with Crippen LogP contribution < -0.4 is 4.72 Å². The van der Waals surface area contributed by atoms with Crippen LogP contribution in [-0.4, -0.2) is 23.3 Å². The van der Waals surface area contributed by atoms with Crippen molar-refractivity contribution in [3.05, 3.63) is 47.0 Å². The van der Waals surface area contributed by atoms with E-state index >= 15 is 0 Å². The number of aliphatic hydroxyl groups excluding tert-OH is 1. The normalized spacial score (nSPS) is 11.8. The van der Waals surface area contributed by atoms with Gasteiger partial charge in [-0.15, -0.1) is 0 Å². The SMILES string of the molecule is Cc1cc(S(=O)(=O)NCc2ccn(C)n2)cc(CO)c1F. The first kappa shape index (κ1) is 15.6. The molecule has 114 valence electrons. The molecule has 21 heavy (non-hydrogen) atoms. The molecule has 0 radical (unpaired) electrons. The average Bonchev–Trinajstić information content (AvgIpc) is 2.85. The molecule has 0 saturated carbocycles. The minimum absolute atomic E-state index is 0.0358. The lowest BCUT2D eigenvalue weighted by Gasteiger charge is -2.09. The van der Waals surface area contributed by atoms with E-state index in [1.165, 1.54) is 13.0 Å². The van der Waals surface area contributed by atoms with Gasteiger partial charge in [-0.3, -0.25) is 4.68 Å². The summed E-state index contributed by atoms with van der Waals surface area (Å²) in [5.41, 5.74) is 0.690. The Morgan fingerprint density at radius 3 is 2.71 bits per heavy atom. The topological polar surface area (TPSA) is 84.2 Å². The van der Waals surface area contributed by atoms with E-state index in [9.17, 15) is 12.8 Å². The van der Waals surface area contributed by atoms with E-state index in [0.29, 0.717) is 5.69 Å². The maximum absolute atomic E-state index is 13.6. The molecule has 8 heteroatoms. The van der Waals surface area contributed by atoms with E-state index in [0.717, 1.165) is 6.07 Å². The Morgan fingerprint density at radius 2 is 2.14 bits per heavy atom. The van der Waals surface area contributed by atoms with E-state index in [1.54, 1.807) is 24.0 Å². The van der Waals surface area contributed by atoms with Crippen LogP contribution in [-0.2, 0) is 30.2 Å². The summed E-state index contributed by atoms with van der Waals surface area (Å²) in [6.45, 7) is 0.927. The Labute approximate surface area is 122 Å². The third-order valence-corrected chi connectivity index (χ3v) is 4.38. The number of aryl methyl sites for hydroxylation is 2. The summed E-state index contributed by atoms with van der Waals surface area (Å²) in [7, 11) is -2.07. The standard InChI is InChI=1S/C13H16FN3O3S/c1-9-5-12(6-10(8-18)13(9)14)21(19,20)15-7-11-3-4-17(2)16-11/h3-6,15,18H,7-8H2,1-2H3. The Kier molecular flexibility index (Phi) is 4.40. The molecule has 0 spiro atoms. The van der Waals surface area contributed by atoms with Gasteiger partial charge in [0.1, 0.15) is 5.82 Å². The van der Waals surface area contributed by atoms with Gasteiger partial charge in [-0.25, -0.2) is 17.5 Å². The molecule has 1 aromatic carbocycles. The van der Waals surface area contributed by atoms with Crippen LogP contribution in [0.1, 0.15) is 16.8 Å². The van der Waals surface area contributed by atoms with Crippen molar-refractivity contribution >= 4 is 10.0 Å². The molecule has 0 aliphatic heterocycles. The Bertz CT molecular complexity index is 756. The zero-order valence-electron chi connectivity index (χ0n) is 11.7. The minimum atomic E-state index is -3.80. The predicted octanol–water partition coefficient (Wildman–Crippen LogP) is 0.838. The number of halogens is 1. The second kappa shape index (κ2) is 5.92. The monoisotopic (exact) mass is 313 g/mol. The molecule has 0 saturated heterocycles. The van der Waals surface area contributed by atoms with Gasteiger partial charge in [0.15, 0.2) is 0 Å². The molecule has 0 fully saturated rings. The highest BCUT2D eigenvalue weighted by atomic mass is 32.2. The van der Waals surface area contributed by atoms with Crippen molar-refractivity contribution in [1.29, 1.82) is 0 Å². The van der Waals surface area contributed by atoms with Crippen molar-refractivity contribution in [2.45, 2.75) is 25.0 Å². The number of aliphatic hydroxyl groups is 1. The first-order chi connectivity index (χ1) is 9.83. The fourth-order valence-electron chi connectivity index (χ4n) is 1.89. The lowest BCUT2D eigenvalue weighted by molar-refractivity contribution is 0.275. The van der Waals surface area contributed by atoms with E-state index in [1.807, 2.05) is 0 Å². The molecule has 0 unspecified atom stereocenters. The summed E-state index contributed by atoms with van der Waals surface area (Å²) in [5, 5.41) is 13.1. The Hall–Kier alpha value is -1.77. The molecule has 0 aliphatic carbocycles. The molecule has 6 nitrogen and oxygen atoms in total. The predicted molar refractivity (Wildman–Crippen MR) is 74.3 cm³/mol. The molecule has 1 heterocycles. The quantitative estimate of drug-likeness (QED) is 0.856. The number of hydrogen-bond acceptors (Lipinski definition) is 4. The molecule has 0 bridgehead atoms. The summed E-state index contributed by atoms with van der Waals surface area (Å²) in [6.07, 6.45) is 1.70. The van der Waals surface area contributed by atoms with E-state index in [4.69, 9.17) is 5.11 Å². The average molecular weight is 313 g/mol. The number of nitrogens with zero attached hydrogens (tertiary/aromatic N) is 2. The van der Waals surface area contributed by atoms with Gasteiger partial charge in [-0.05, 0) is 30.7 Å². The number of sulfonamides is 1.